The molecule has 1 rings (SSSR count). The molecule has 0 unspecified atom stereocenters. The number of alkyl halides is 3. The Hall–Kier alpha value is -2.11. The third-order valence-corrected chi connectivity index (χ3v) is 1.82. The fourth-order valence-electron chi connectivity index (χ4n) is 1.09. The number of allylic oxidation sites excluding steroid dienone is 1. The predicted octanol–water partition coefficient (Wildman–Crippen LogP) is 2.40. The second-order valence-corrected chi connectivity index (χ2v) is 3.03. The van der Waals surface area contributed by atoms with Crippen LogP contribution < -0.4 is 5.32 Å². The van der Waals surface area contributed by atoms with Crippen LogP contribution in [0.5, 0.6) is 0 Å². The summed E-state index contributed by atoms with van der Waals surface area (Å²) in [5, 5.41) is 1.73. The normalized spacial score (nSPS) is 11.5. The number of hydrogen-bond acceptors (Lipinski definition) is 2. The topological polar surface area (TPSA) is 46.2 Å². The summed E-state index contributed by atoms with van der Waals surface area (Å²) < 4.78 is 36.1. The minimum atomic E-state index is -4.94. The molecule has 0 saturated carbocycles. The zero-order chi connectivity index (χ0) is 12.9. The number of amides is 1. The van der Waals surface area contributed by atoms with E-state index < -0.39 is 12.1 Å². The summed E-state index contributed by atoms with van der Waals surface area (Å²) in [6, 6.07) is 5.85. The smallest absolute Gasteiger partial charge is 0.318 e. The summed E-state index contributed by atoms with van der Waals surface area (Å²) in [6.07, 6.45) is -2.03. The van der Waals surface area contributed by atoms with E-state index >= 15 is 0 Å². The van der Waals surface area contributed by atoms with Crippen molar-refractivity contribution in [3.63, 3.8) is 0 Å². The number of halogens is 3. The Morgan fingerprint density at radius 1 is 1.24 bits per heavy atom. The number of aldehydes is 1. The minimum Gasteiger partial charge on any atom is -0.318 e. The van der Waals surface area contributed by atoms with Crippen LogP contribution in [0.15, 0.2) is 30.3 Å². The molecule has 3 nitrogen and oxygen atoms in total. The predicted molar refractivity (Wildman–Crippen MR) is 56.2 cm³/mol. The number of benzene rings is 1. The first-order valence-corrected chi connectivity index (χ1v) is 4.54. The molecule has 0 saturated heterocycles. The lowest BCUT2D eigenvalue weighted by atomic mass is 10.1. The van der Waals surface area contributed by atoms with E-state index in [0.717, 1.165) is 6.08 Å². The quantitative estimate of drug-likeness (QED) is 0.654. The molecule has 0 atom stereocenters. The lowest BCUT2D eigenvalue weighted by Gasteiger charge is -2.10. The van der Waals surface area contributed by atoms with E-state index in [1.165, 1.54) is 24.3 Å². The van der Waals surface area contributed by atoms with Crippen molar-refractivity contribution in [2.45, 2.75) is 6.18 Å². The first-order chi connectivity index (χ1) is 7.95. The first kappa shape index (κ1) is 13.0. The van der Waals surface area contributed by atoms with Crippen LogP contribution in [-0.4, -0.2) is 18.4 Å². The van der Waals surface area contributed by atoms with Crippen LogP contribution in [0.25, 0.3) is 6.08 Å². The van der Waals surface area contributed by atoms with Crippen molar-refractivity contribution < 1.29 is 22.8 Å². The molecule has 6 heteroatoms. The largest absolute Gasteiger partial charge is 0.471 e. The molecule has 1 amide bonds. The van der Waals surface area contributed by atoms with E-state index in [1.54, 1.807) is 11.4 Å². The summed E-state index contributed by atoms with van der Waals surface area (Å²) in [5.74, 6) is -2.05. The van der Waals surface area contributed by atoms with Crippen LogP contribution in [0, 0.1) is 0 Å². The Balaban J connectivity index is 2.95. The molecule has 0 bridgehead atoms. The molecule has 0 spiro atoms. The van der Waals surface area contributed by atoms with Gasteiger partial charge < -0.3 is 5.32 Å². The molecular formula is C11H8F3NO2. The van der Waals surface area contributed by atoms with E-state index in [1.807, 2.05) is 0 Å². The van der Waals surface area contributed by atoms with E-state index in [0.29, 0.717) is 11.8 Å². The molecule has 0 fully saturated rings. The number of rotatable bonds is 3. The van der Waals surface area contributed by atoms with Gasteiger partial charge in [0.2, 0.25) is 0 Å². The van der Waals surface area contributed by atoms with Crippen LogP contribution >= 0.6 is 0 Å². The van der Waals surface area contributed by atoms with Gasteiger partial charge in [-0.15, -0.1) is 0 Å². The summed E-state index contributed by atoms with van der Waals surface area (Å²) in [5.41, 5.74) is 0.310. The van der Waals surface area contributed by atoms with Gasteiger partial charge in [0.05, 0.1) is 0 Å². The highest BCUT2D eigenvalue weighted by atomic mass is 19.4. The fraction of sp³-hybridized carbons (Fsp3) is 0.0909. The van der Waals surface area contributed by atoms with Gasteiger partial charge in [-0.25, -0.2) is 0 Å². The number of carbonyl (C=O) groups excluding carboxylic acids is 2. The molecule has 0 aliphatic carbocycles. The Kier molecular flexibility index (Phi) is 4.03. The monoisotopic (exact) mass is 243 g/mol. The van der Waals surface area contributed by atoms with Crippen molar-refractivity contribution >= 4 is 24.0 Å². The number of anilines is 1. The molecule has 0 aliphatic heterocycles. The van der Waals surface area contributed by atoms with Gasteiger partial charge in [0.1, 0.15) is 6.29 Å². The van der Waals surface area contributed by atoms with Gasteiger partial charge in [-0.2, -0.15) is 13.2 Å². The van der Waals surface area contributed by atoms with Gasteiger partial charge in [0.15, 0.2) is 0 Å². The van der Waals surface area contributed by atoms with Gasteiger partial charge in [-0.05, 0) is 23.8 Å². The second-order valence-electron chi connectivity index (χ2n) is 3.03. The highest BCUT2D eigenvalue weighted by Gasteiger charge is 2.38. The number of para-hydroxylation sites is 1. The third-order valence-electron chi connectivity index (χ3n) is 1.82. The Labute approximate surface area is 94.9 Å². The molecule has 17 heavy (non-hydrogen) atoms. The average Bonchev–Trinajstić information content (AvgIpc) is 2.26. The van der Waals surface area contributed by atoms with Crippen molar-refractivity contribution in [3.8, 4) is 0 Å². The zero-order valence-electron chi connectivity index (χ0n) is 8.49. The Morgan fingerprint density at radius 3 is 2.47 bits per heavy atom. The fourth-order valence-corrected chi connectivity index (χ4v) is 1.09. The van der Waals surface area contributed by atoms with Crippen LogP contribution in [0.2, 0.25) is 0 Å². The van der Waals surface area contributed by atoms with Crippen molar-refractivity contribution in [3.05, 3.63) is 35.9 Å². The number of nitrogens with one attached hydrogen (secondary N) is 1. The Bertz CT molecular complexity index is 452. The third kappa shape index (κ3) is 3.75. The van der Waals surface area contributed by atoms with Gasteiger partial charge >= 0.3 is 12.1 Å². The van der Waals surface area contributed by atoms with Crippen molar-refractivity contribution in [2.75, 3.05) is 5.32 Å². The molecule has 1 N–H and O–H groups in total. The zero-order valence-corrected chi connectivity index (χ0v) is 8.49. The highest BCUT2D eigenvalue weighted by Crippen LogP contribution is 2.21. The highest BCUT2D eigenvalue weighted by molar-refractivity contribution is 5.97. The molecule has 0 heterocycles. The maximum Gasteiger partial charge on any atom is 0.471 e. The summed E-state index contributed by atoms with van der Waals surface area (Å²) in [6.45, 7) is 0. The molecule has 0 aromatic heterocycles. The summed E-state index contributed by atoms with van der Waals surface area (Å²) in [4.78, 5) is 20.8. The lowest BCUT2D eigenvalue weighted by Crippen LogP contribution is -2.30. The maximum absolute atomic E-state index is 12.0. The standard InChI is InChI=1S/C11H8F3NO2/c12-11(13,14)10(17)15-9-6-2-1-4-8(9)5-3-7-16/h1-7H,(H,15,17). The van der Waals surface area contributed by atoms with E-state index in [2.05, 4.69) is 0 Å². The summed E-state index contributed by atoms with van der Waals surface area (Å²) in [7, 11) is 0. The molecule has 0 radical (unpaired) electrons. The second kappa shape index (κ2) is 5.29. The Morgan fingerprint density at radius 2 is 1.88 bits per heavy atom. The molecule has 90 valence electrons. The van der Waals surface area contributed by atoms with Crippen molar-refractivity contribution in [1.29, 1.82) is 0 Å². The molecule has 1 aromatic carbocycles. The van der Waals surface area contributed by atoms with Gasteiger partial charge in [0, 0.05) is 5.69 Å². The van der Waals surface area contributed by atoms with Crippen LogP contribution in [-0.2, 0) is 9.59 Å². The van der Waals surface area contributed by atoms with Crippen molar-refractivity contribution in [1.82, 2.24) is 0 Å². The van der Waals surface area contributed by atoms with Gasteiger partial charge in [0.25, 0.3) is 0 Å². The van der Waals surface area contributed by atoms with Crippen LogP contribution in [0.4, 0.5) is 18.9 Å². The maximum atomic E-state index is 12.0. The van der Waals surface area contributed by atoms with Gasteiger partial charge in [-0.1, -0.05) is 18.2 Å². The number of carbonyl (C=O) groups is 2. The van der Waals surface area contributed by atoms with Crippen LogP contribution in [0.1, 0.15) is 5.56 Å². The molecular weight excluding hydrogens is 235 g/mol. The molecule has 1 aromatic rings. The number of hydrogen-bond donors (Lipinski definition) is 1. The van der Waals surface area contributed by atoms with E-state index in [4.69, 9.17) is 0 Å². The van der Waals surface area contributed by atoms with Crippen LogP contribution in [0.3, 0.4) is 0 Å². The molecule has 0 aliphatic rings. The SMILES string of the molecule is O=CC=Cc1ccccc1NC(=O)C(F)(F)F. The van der Waals surface area contributed by atoms with E-state index in [-0.39, 0.29) is 5.69 Å². The first-order valence-electron chi connectivity index (χ1n) is 4.54. The van der Waals surface area contributed by atoms with Gasteiger partial charge in [-0.3, -0.25) is 9.59 Å². The summed E-state index contributed by atoms with van der Waals surface area (Å²) >= 11 is 0. The minimum absolute atomic E-state index is 0.00655. The van der Waals surface area contributed by atoms with E-state index in [9.17, 15) is 22.8 Å². The van der Waals surface area contributed by atoms with Crippen molar-refractivity contribution in [2.24, 2.45) is 0 Å². The lowest BCUT2D eigenvalue weighted by molar-refractivity contribution is -0.167. The average molecular weight is 243 g/mol.